The summed E-state index contributed by atoms with van der Waals surface area (Å²) >= 11 is 5.98. The predicted octanol–water partition coefficient (Wildman–Crippen LogP) is 3.79. The number of benzene rings is 3. The van der Waals surface area contributed by atoms with Gasteiger partial charge in [-0.15, -0.1) is 10.2 Å². The maximum atomic E-state index is 12.4. The van der Waals surface area contributed by atoms with E-state index in [2.05, 4.69) is 20.7 Å². The van der Waals surface area contributed by atoms with Crippen molar-refractivity contribution in [1.29, 1.82) is 0 Å². The molecule has 4 aromatic rings. The summed E-state index contributed by atoms with van der Waals surface area (Å²) in [4.78, 5) is 13.6. The van der Waals surface area contributed by atoms with Crippen molar-refractivity contribution in [1.82, 2.24) is 20.2 Å². The minimum atomic E-state index is -0.226. The molecule has 0 radical (unpaired) electrons. The topological polar surface area (TPSA) is 72.7 Å². The lowest BCUT2D eigenvalue weighted by molar-refractivity contribution is -0.117. The lowest BCUT2D eigenvalue weighted by Crippen LogP contribution is -2.20. The summed E-state index contributed by atoms with van der Waals surface area (Å²) in [6, 6.07) is 20.8. The lowest BCUT2D eigenvalue weighted by atomic mass is 10.1. The molecule has 0 spiro atoms. The number of hydrogen-bond acceptors (Lipinski definition) is 4. The van der Waals surface area contributed by atoms with Crippen LogP contribution in [0, 0.1) is 0 Å². The molecule has 0 aliphatic carbocycles. The fourth-order valence-corrected chi connectivity index (χ4v) is 2.90. The number of rotatable bonds is 4. The highest BCUT2D eigenvalue weighted by Crippen LogP contribution is 2.23. The molecular formula is C19H14ClN5O. The fourth-order valence-electron chi connectivity index (χ4n) is 2.71. The molecule has 0 saturated carbocycles. The largest absolute Gasteiger partial charge is 0.324 e. The molecule has 7 heteroatoms. The van der Waals surface area contributed by atoms with Gasteiger partial charge in [0.2, 0.25) is 11.7 Å². The molecule has 4 rings (SSSR count). The lowest BCUT2D eigenvalue weighted by Gasteiger charge is -2.08. The highest BCUT2D eigenvalue weighted by atomic mass is 35.5. The zero-order valence-electron chi connectivity index (χ0n) is 13.6. The average molecular weight is 364 g/mol. The summed E-state index contributed by atoms with van der Waals surface area (Å²) in [6.07, 6.45) is 0. The van der Waals surface area contributed by atoms with Crippen LogP contribution in [0.15, 0.2) is 66.7 Å². The molecule has 0 atom stereocenters. The van der Waals surface area contributed by atoms with E-state index in [0.29, 0.717) is 10.8 Å². The SMILES string of the molecule is O=C(Cn1nnc(-c2cccc(Cl)c2)n1)Nc1cccc2ccccc12. The van der Waals surface area contributed by atoms with Crippen LogP contribution in [0.4, 0.5) is 5.69 Å². The number of carbonyl (C=O) groups is 1. The van der Waals surface area contributed by atoms with E-state index in [-0.39, 0.29) is 12.5 Å². The Labute approximate surface area is 154 Å². The van der Waals surface area contributed by atoms with E-state index in [1.807, 2.05) is 54.6 Å². The van der Waals surface area contributed by atoms with Crippen molar-refractivity contribution < 1.29 is 4.79 Å². The Balaban J connectivity index is 1.50. The Hall–Kier alpha value is -3.25. The quantitative estimate of drug-likeness (QED) is 0.598. The first-order chi connectivity index (χ1) is 12.7. The number of fused-ring (bicyclic) bond motifs is 1. The average Bonchev–Trinajstić information content (AvgIpc) is 3.10. The third-order valence-corrected chi connectivity index (χ3v) is 4.12. The summed E-state index contributed by atoms with van der Waals surface area (Å²) < 4.78 is 0. The molecular weight excluding hydrogens is 350 g/mol. The van der Waals surface area contributed by atoms with Gasteiger partial charge in [-0.2, -0.15) is 4.80 Å². The molecule has 1 aromatic heterocycles. The van der Waals surface area contributed by atoms with Gasteiger partial charge in [0.05, 0.1) is 0 Å². The molecule has 1 heterocycles. The van der Waals surface area contributed by atoms with Crippen LogP contribution in [-0.4, -0.2) is 26.1 Å². The van der Waals surface area contributed by atoms with Gasteiger partial charge in [-0.3, -0.25) is 4.79 Å². The minimum Gasteiger partial charge on any atom is -0.324 e. The zero-order chi connectivity index (χ0) is 17.9. The number of carbonyl (C=O) groups excluding carboxylic acids is 1. The van der Waals surface area contributed by atoms with Crippen LogP contribution in [0.3, 0.4) is 0 Å². The first-order valence-electron chi connectivity index (χ1n) is 8.00. The molecule has 0 bridgehead atoms. The molecule has 0 unspecified atom stereocenters. The van der Waals surface area contributed by atoms with Gasteiger partial charge in [-0.25, -0.2) is 0 Å². The number of tetrazole rings is 1. The van der Waals surface area contributed by atoms with E-state index in [9.17, 15) is 4.79 Å². The molecule has 0 aliphatic heterocycles. The van der Waals surface area contributed by atoms with Gasteiger partial charge in [0.25, 0.3) is 0 Å². The number of nitrogens with zero attached hydrogens (tertiary/aromatic N) is 4. The maximum Gasteiger partial charge on any atom is 0.248 e. The summed E-state index contributed by atoms with van der Waals surface area (Å²) in [5.74, 6) is 0.196. The summed E-state index contributed by atoms with van der Waals surface area (Å²) in [7, 11) is 0. The van der Waals surface area contributed by atoms with Crippen molar-refractivity contribution in [2.75, 3.05) is 5.32 Å². The van der Waals surface area contributed by atoms with E-state index in [4.69, 9.17) is 11.6 Å². The Morgan fingerprint density at radius 1 is 1.04 bits per heavy atom. The van der Waals surface area contributed by atoms with Crippen molar-refractivity contribution >= 4 is 34.0 Å². The number of aromatic nitrogens is 4. The molecule has 6 nitrogen and oxygen atoms in total. The number of anilines is 1. The highest BCUT2D eigenvalue weighted by Gasteiger charge is 2.11. The van der Waals surface area contributed by atoms with Gasteiger partial charge in [0.1, 0.15) is 6.54 Å². The van der Waals surface area contributed by atoms with Crippen LogP contribution in [0.25, 0.3) is 22.2 Å². The second-order valence-electron chi connectivity index (χ2n) is 5.73. The van der Waals surface area contributed by atoms with Crippen molar-refractivity contribution in [2.24, 2.45) is 0 Å². The van der Waals surface area contributed by atoms with Gasteiger partial charge in [0.15, 0.2) is 0 Å². The van der Waals surface area contributed by atoms with Gasteiger partial charge in [-0.1, -0.05) is 60.1 Å². The number of nitrogens with one attached hydrogen (secondary N) is 1. The normalized spacial score (nSPS) is 10.8. The second-order valence-corrected chi connectivity index (χ2v) is 6.17. The van der Waals surface area contributed by atoms with E-state index in [0.717, 1.165) is 22.0 Å². The Morgan fingerprint density at radius 3 is 2.73 bits per heavy atom. The molecule has 1 amide bonds. The maximum absolute atomic E-state index is 12.4. The van der Waals surface area contributed by atoms with E-state index in [1.165, 1.54) is 4.80 Å². The van der Waals surface area contributed by atoms with E-state index in [1.54, 1.807) is 12.1 Å². The minimum absolute atomic E-state index is 0.0310. The molecule has 1 N–H and O–H groups in total. The molecule has 128 valence electrons. The molecule has 0 fully saturated rings. The first kappa shape index (κ1) is 16.2. The first-order valence-corrected chi connectivity index (χ1v) is 8.38. The van der Waals surface area contributed by atoms with Gasteiger partial charge in [-0.05, 0) is 28.8 Å². The zero-order valence-corrected chi connectivity index (χ0v) is 14.4. The van der Waals surface area contributed by atoms with Gasteiger partial charge in [0, 0.05) is 21.7 Å². The van der Waals surface area contributed by atoms with Crippen LogP contribution in [0.2, 0.25) is 5.02 Å². The Morgan fingerprint density at radius 2 is 1.85 bits per heavy atom. The van der Waals surface area contributed by atoms with Gasteiger partial charge >= 0.3 is 0 Å². The van der Waals surface area contributed by atoms with Crippen LogP contribution in [0.5, 0.6) is 0 Å². The standard InChI is InChI=1S/C19H14ClN5O/c20-15-8-3-7-14(11-15)19-22-24-25(23-19)12-18(26)21-17-10-4-6-13-5-1-2-9-16(13)17/h1-11H,12H2,(H,21,26). The highest BCUT2D eigenvalue weighted by molar-refractivity contribution is 6.30. The fraction of sp³-hybridized carbons (Fsp3) is 0.0526. The number of amides is 1. The van der Waals surface area contributed by atoms with Crippen molar-refractivity contribution in [3.05, 3.63) is 71.8 Å². The number of halogens is 1. The van der Waals surface area contributed by atoms with Crippen LogP contribution < -0.4 is 5.32 Å². The van der Waals surface area contributed by atoms with Gasteiger partial charge < -0.3 is 5.32 Å². The second kappa shape index (κ2) is 6.93. The van der Waals surface area contributed by atoms with Crippen LogP contribution in [0.1, 0.15) is 0 Å². The van der Waals surface area contributed by atoms with Crippen molar-refractivity contribution in [3.63, 3.8) is 0 Å². The Kier molecular flexibility index (Phi) is 4.33. The third kappa shape index (κ3) is 3.41. The summed E-state index contributed by atoms with van der Waals surface area (Å²) in [5, 5.41) is 17.7. The molecule has 3 aromatic carbocycles. The summed E-state index contributed by atoms with van der Waals surface area (Å²) in [6.45, 7) is -0.0310. The molecule has 26 heavy (non-hydrogen) atoms. The molecule has 0 aliphatic rings. The monoisotopic (exact) mass is 363 g/mol. The van der Waals surface area contributed by atoms with E-state index >= 15 is 0 Å². The van der Waals surface area contributed by atoms with Crippen molar-refractivity contribution in [3.8, 4) is 11.4 Å². The molecule has 0 saturated heterocycles. The number of hydrogen-bond donors (Lipinski definition) is 1. The van der Waals surface area contributed by atoms with Crippen LogP contribution in [-0.2, 0) is 11.3 Å². The predicted molar refractivity (Wildman–Crippen MR) is 101 cm³/mol. The van der Waals surface area contributed by atoms with Crippen LogP contribution >= 0.6 is 11.6 Å². The van der Waals surface area contributed by atoms with E-state index < -0.39 is 0 Å². The summed E-state index contributed by atoms with van der Waals surface area (Å²) in [5.41, 5.74) is 1.50. The third-order valence-electron chi connectivity index (χ3n) is 3.88. The van der Waals surface area contributed by atoms with Crippen molar-refractivity contribution in [2.45, 2.75) is 6.54 Å². The smallest absolute Gasteiger partial charge is 0.248 e. The Bertz CT molecular complexity index is 1090.